The van der Waals surface area contributed by atoms with Gasteiger partial charge in [-0.25, -0.2) is 18.7 Å². The first-order valence-corrected chi connectivity index (χ1v) is 10.8. The van der Waals surface area contributed by atoms with E-state index >= 15 is 0 Å². The number of anilines is 1. The first kappa shape index (κ1) is 20.9. The SMILES string of the molecule is O=C(Cc1ccc(F)c(F)c1)Nc1nc2c(nc1Cc1ccccc1)-c1ccccc1CC2. The van der Waals surface area contributed by atoms with Crippen molar-refractivity contribution in [2.75, 3.05) is 5.32 Å². The van der Waals surface area contributed by atoms with E-state index in [0.717, 1.165) is 47.5 Å². The number of carbonyl (C=O) groups excluding carboxylic acids is 1. The van der Waals surface area contributed by atoms with Crippen LogP contribution >= 0.6 is 0 Å². The molecule has 0 aliphatic heterocycles. The Morgan fingerprint density at radius 3 is 2.45 bits per heavy atom. The molecule has 3 aromatic carbocycles. The highest BCUT2D eigenvalue weighted by Gasteiger charge is 2.22. The fourth-order valence-electron chi connectivity index (χ4n) is 4.14. The highest BCUT2D eigenvalue weighted by atomic mass is 19.2. The minimum Gasteiger partial charge on any atom is -0.309 e. The molecular formula is C27H21F2N3O. The summed E-state index contributed by atoms with van der Waals surface area (Å²) in [7, 11) is 0. The molecule has 1 heterocycles. The van der Waals surface area contributed by atoms with Gasteiger partial charge in [-0.3, -0.25) is 4.79 Å². The van der Waals surface area contributed by atoms with Gasteiger partial charge in [0.25, 0.3) is 0 Å². The van der Waals surface area contributed by atoms with Gasteiger partial charge in [-0.15, -0.1) is 0 Å². The lowest BCUT2D eigenvalue weighted by Crippen LogP contribution is -2.20. The summed E-state index contributed by atoms with van der Waals surface area (Å²) in [6, 6.07) is 21.5. The van der Waals surface area contributed by atoms with Crippen molar-refractivity contribution in [3.05, 3.63) is 113 Å². The van der Waals surface area contributed by atoms with Gasteiger partial charge in [-0.2, -0.15) is 0 Å². The summed E-state index contributed by atoms with van der Waals surface area (Å²) in [6.07, 6.45) is 2.00. The number of nitrogens with one attached hydrogen (secondary N) is 1. The third-order valence-corrected chi connectivity index (χ3v) is 5.76. The second-order valence-corrected chi connectivity index (χ2v) is 8.11. The van der Waals surface area contributed by atoms with Crippen LogP contribution in [-0.2, 0) is 30.5 Å². The van der Waals surface area contributed by atoms with Crippen LogP contribution in [0.25, 0.3) is 11.3 Å². The Labute approximate surface area is 190 Å². The number of halogens is 2. The maximum atomic E-state index is 13.5. The second kappa shape index (κ2) is 8.90. The first-order chi connectivity index (χ1) is 16.1. The van der Waals surface area contributed by atoms with Gasteiger partial charge in [0.15, 0.2) is 17.5 Å². The molecule has 0 unspecified atom stereocenters. The summed E-state index contributed by atoms with van der Waals surface area (Å²) < 4.78 is 26.8. The van der Waals surface area contributed by atoms with Gasteiger partial charge in [0, 0.05) is 12.0 Å². The van der Waals surface area contributed by atoms with Crippen molar-refractivity contribution in [1.82, 2.24) is 9.97 Å². The van der Waals surface area contributed by atoms with Crippen LogP contribution in [-0.4, -0.2) is 15.9 Å². The highest BCUT2D eigenvalue weighted by molar-refractivity contribution is 5.92. The Morgan fingerprint density at radius 2 is 1.64 bits per heavy atom. The molecule has 33 heavy (non-hydrogen) atoms. The van der Waals surface area contributed by atoms with E-state index in [1.165, 1.54) is 11.6 Å². The largest absolute Gasteiger partial charge is 0.309 e. The quantitative estimate of drug-likeness (QED) is 0.458. The molecular weight excluding hydrogens is 420 g/mol. The smallest absolute Gasteiger partial charge is 0.229 e. The number of aromatic nitrogens is 2. The molecule has 1 amide bonds. The molecule has 6 heteroatoms. The highest BCUT2D eigenvalue weighted by Crippen LogP contribution is 2.33. The third-order valence-electron chi connectivity index (χ3n) is 5.76. The standard InChI is InChI=1S/C27H21F2N3O/c28-21-12-10-18(14-22(21)29)16-25(33)32-27-24(15-17-6-2-1-3-7-17)30-26-20-9-5-4-8-19(20)11-13-23(26)31-27/h1-10,12,14H,11,13,15-16H2,(H,31,32,33). The molecule has 4 nitrogen and oxygen atoms in total. The summed E-state index contributed by atoms with van der Waals surface area (Å²) >= 11 is 0. The molecule has 1 aromatic heterocycles. The number of rotatable bonds is 5. The number of benzene rings is 3. The van der Waals surface area contributed by atoms with Gasteiger partial charge in [0.1, 0.15) is 0 Å². The molecule has 1 N–H and O–H groups in total. The van der Waals surface area contributed by atoms with Crippen LogP contribution in [0, 0.1) is 11.6 Å². The number of carbonyl (C=O) groups is 1. The Kier molecular flexibility index (Phi) is 5.65. The van der Waals surface area contributed by atoms with Crippen LogP contribution in [0.1, 0.15) is 28.1 Å². The van der Waals surface area contributed by atoms with Crippen molar-refractivity contribution >= 4 is 11.7 Å². The van der Waals surface area contributed by atoms with Crippen LogP contribution < -0.4 is 5.32 Å². The molecule has 0 saturated carbocycles. The molecule has 4 aromatic rings. The van der Waals surface area contributed by atoms with E-state index in [4.69, 9.17) is 9.97 Å². The number of aryl methyl sites for hydroxylation is 2. The first-order valence-electron chi connectivity index (χ1n) is 10.8. The van der Waals surface area contributed by atoms with Gasteiger partial charge in [-0.1, -0.05) is 60.7 Å². The molecule has 164 valence electrons. The Morgan fingerprint density at radius 1 is 0.848 bits per heavy atom. The lowest BCUT2D eigenvalue weighted by atomic mass is 9.91. The van der Waals surface area contributed by atoms with Crippen molar-refractivity contribution in [3.8, 4) is 11.3 Å². The average molecular weight is 441 g/mol. The zero-order valence-electron chi connectivity index (χ0n) is 17.8. The van der Waals surface area contributed by atoms with Crippen molar-refractivity contribution in [2.24, 2.45) is 0 Å². The molecule has 0 bridgehead atoms. The van der Waals surface area contributed by atoms with Crippen LogP contribution in [0.5, 0.6) is 0 Å². The minimum atomic E-state index is -0.975. The maximum absolute atomic E-state index is 13.5. The molecule has 0 saturated heterocycles. The van der Waals surface area contributed by atoms with Gasteiger partial charge in [0.05, 0.1) is 23.5 Å². The zero-order chi connectivity index (χ0) is 22.8. The van der Waals surface area contributed by atoms with E-state index in [1.54, 1.807) is 0 Å². The molecule has 0 spiro atoms. The van der Waals surface area contributed by atoms with Crippen molar-refractivity contribution < 1.29 is 13.6 Å². The normalized spacial score (nSPS) is 12.1. The van der Waals surface area contributed by atoms with Crippen LogP contribution in [0.15, 0.2) is 72.8 Å². The zero-order valence-corrected chi connectivity index (χ0v) is 17.8. The van der Waals surface area contributed by atoms with E-state index < -0.39 is 11.6 Å². The lowest BCUT2D eigenvalue weighted by Gasteiger charge is -2.21. The summed E-state index contributed by atoms with van der Waals surface area (Å²) in [6.45, 7) is 0. The van der Waals surface area contributed by atoms with Crippen molar-refractivity contribution in [2.45, 2.75) is 25.7 Å². The Balaban J connectivity index is 1.49. The fraction of sp³-hybridized carbons (Fsp3) is 0.148. The minimum absolute atomic E-state index is 0.0937. The molecule has 0 atom stereocenters. The number of nitrogens with zero attached hydrogens (tertiary/aromatic N) is 2. The predicted octanol–water partition coefficient (Wildman–Crippen LogP) is 5.29. The number of amides is 1. The van der Waals surface area contributed by atoms with E-state index in [0.29, 0.717) is 23.5 Å². The van der Waals surface area contributed by atoms with E-state index in [1.807, 2.05) is 42.5 Å². The van der Waals surface area contributed by atoms with Crippen LogP contribution in [0.2, 0.25) is 0 Å². The van der Waals surface area contributed by atoms with Gasteiger partial charge in [0.2, 0.25) is 5.91 Å². The lowest BCUT2D eigenvalue weighted by molar-refractivity contribution is -0.115. The molecule has 5 rings (SSSR count). The van der Waals surface area contributed by atoms with Crippen LogP contribution in [0.4, 0.5) is 14.6 Å². The molecule has 0 fully saturated rings. The van der Waals surface area contributed by atoms with Crippen molar-refractivity contribution in [1.29, 1.82) is 0 Å². The fourth-order valence-corrected chi connectivity index (χ4v) is 4.14. The van der Waals surface area contributed by atoms with E-state index in [2.05, 4.69) is 17.4 Å². The number of fused-ring (bicyclic) bond motifs is 3. The predicted molar refractivity (Wildman–Crippen MR) is 123 cm³/mol. The number of hydrogen-bond donors (Lipinski definition) is 1. The Hall–Kier alpha value is -3.93. The van der Waals surface area contributed by atoms with E-state index in [9.17, 15) is 13.6 Å². The van der Waals surface area contributed by atoms with Crippen molar-refractivity contribution in [3.63, 3.8) is 0 Å². The average Bonchev–Trinajstić information content (AvgIpc) is 2.82. The molecule has 0 radical (unpaired) electrons. The molecule has 1 aliphatic carbocycles. The maximum Gasteiger partial charge on any atom is 0.229 e. The Bertz CT molecular complexity index is 1340. The van der Waals surface area contributed by atoms with E-state index in [-0.39, 0.29) is 12.3 Å². The second-order valence-electron chi connectivity index (χ2n) is 8.11. The van der Waals surface area contributed by atoms with Gasteiger partial charge >= 0.3 is 0 Å². The van der Waals surface area contributed by atoms with Crippen LogP contribution in [0.3, 0.4) is 0 Å². The number of hydrogen-bond acceptors (Lipinski definition) is 3. The summed E-state index contributed by atoms with van der Waals surface area (Å²) in [5, 5.41) is 2.86. The third kappa shape index (κ3) is 4.51. The summed E-state index contributed by atoms with van der Waals surface area (Å²) in [5.74, 6) is -1.87. The van der Waals surface area contributed by atoms with Gasteiger partial charge in [-0.05, 0) is 41.7 Å². The topological polar surface area (TPSA) is 54.9 Å². The van der Waals surface area contributed by atoms with Gasteiger partial charge < -0.3 is 5.32 Å². The summed E-state index contributed by atoms with van der Waals surface area (Å²) in [5.41, 5.74) is 6.09. The monoisotopic (exact) mass is 441 g/mol. The molecule has 1 aliphatic rings. The summed E-state index contributed by atoms with van der Waals surface area (Å²) in [4.78, 5) is 22.5.